The van der Waals surface area contributed by atoms with Crippen LogP contribution in [0.3, 0.4) is 0 Å². The molecule has 10 heteroatoms. The zero-order valence-electron chi connectivity index (χ0n) is 16.5. The number of rotatable bonds is 10. The fourth-order valence-corrected chi connectivity index (χ4v) is 3.61. The van der Waals surface area contributed by atoms with Crippen LogP contribution in [0.4, 0.5) is 0 Å². The number of hydrogen-bond acceptors (Lipinski definition) is 6. The molecule has 0 fully saturated rings. The molecule has 0 heterocycles. The molecule has 0 aromatic rings. The first kappa shape index (κ1) is 25.0. The topological polar surface area (TPSA) is 102 Å². The largest absolute Gasteiger partial charge is 0.371 e. The highest BCUT2D eigenvalue weighted by Gasteiger charge is 2.34. The van der Waals surface area contributed by atoms with Crippen molar-refractivity contribution in [3.63, 3.8) is 0 Å². The van der Waals surface area contributed by atoms with E-state index in [1.807, 2.05) is 27.7 Å². The van der Waals surface area contributed by atoms with Crippen molar-refractivity contribution in [2.75, 3.05) is 26.2 Å². The SMILES string of the molecule is C[C@H](O[C@H](COCO[PH](=O)O)CN(C(C)(C)C)S(C)(=O)=O)C(C)(C)C. The van der Waals surface area contributed by atoms with Gasteiger partial charge in [0.2, 0.25) is 10.0 Å². The van der Waals surface area contributed by atoms with Gasteiger partial charge in [-0.15, -0.1) is 0 Å². The molecule has 25 heavy (non-hydrogen) atoms. The van der Waals surface area contributed by atoms with Gasteiger partial charge in [0.05, 0.1) is 25.1 Å². The summed E-state index contributed by atoms with van der Waals surface area (Å²) in [5.74, 6) is 0. The van der Waals surface area contributed by atoms with Crippen molar-refractivity contribution < 1.29 is 31.9 Å². The molecule has 0 saturated heterocycles. The van der Waals surface area contributed by atoms with Gasteiger partial charge >= 0.3 is 8.25 Å². The van der Waals surface area contributed by atoms with Crippen molar-refractivity contribution in [3.05, 3.63) is 0 Å². The second-order valence-corrected chi connectivity index (χ2v) is 10.9. The van der Waals surface area contributed by atoms with Crippen LogP contribution < -0.4 is 0 Å². The Balaban J connectivity index is 5.17. The summed E-state index contributed by atoms with van der Waals surface area (Å²) in [6.45, 7) is 13.2. The van der Waals surface area contributed by atoms with E-state index in [9.17, 15) is 13.0 Å². The molecule has 0 saturated carbocycles. The third kappa shape index (κ3) is 10.7. The van der Waals surface area contributed by atoms with Crippen LogP contribution in [0.15, 0.2) is 0 Å². The summed E-state index contributed by atoms with van der Waals surface area (Å²) >= 11 is 0. The summed E-state index contributed by atoms with van der Waals surface area (Å²) in [4.78, 5) is 8.65. The van der Waals surface area contributed by atoms with E-state index in [4.69, 9.17) is 14.4 Å². The first-order valence-electron chi connectivity index (χ1n) is 8.12. The van der Waals surface area contributed by atoms with Crippen LogP contribution in [0.1, 0.15) is 48.5 Å². The van der Waals surface area contributed by atoms with E-state index in [2.05, 4.69) is 4.52 Å². The standard InChI is InChI=1S/C15H34NO7PS/c1-12(14(2,3)4)23-13(10-21-11-22-24(17)18)9-16(15(5,6)7)25(8,19)20/h12-13,24H,9-11H2,1-8H3,(H,17,18)/t12-,13-/m0/s1. The number of nitrogens with zero attached hydrogens (tertiary/aromatic N) is 1. The van der Waals surface area contributed by atoms with Gasteiger partial charge < -0.3 is 14.4 Å². The van der Waals surface area contributed by atoms with Gasteiger partial charge in [0.1, 0.15) is 0 Å². The third-order valence-electron chi connectivity index (χ3n) is 3.70. The van der Waals surface area contributed by atoms with Crippen LogP contribution in [0.2, 0.25) is 0 Å². The van der Waals surface area contributed by atoms with Crippen molar-refractivity contribution in [1.29, 1.82) is 0 Å². The Labute approximate surface area is 152 Å². The normalized spacial score (nSPS) is 17.5. The molecule has 0 aromatic heterocycles. The summed E-state index contributed by atoms with van der Waals surface area (Å²) in [5, 5.41) is 0. The molecule has 8 nitrogen and oxygen atoms in total. The Kier molecular flexibility index (Phi) is 9.77. The van der Waals surface area contributed by atoms with Crippen LogP contribution in [0, 0.1) is 5.41 Å². The lowest BCUT2D eigenvalue weighted by molar-refractivity contribution is -0.110. The molecule has 0 spiro atoms. The fourth-order valence-electron chi connectivity index (χ4n) is 1.99. The summed E-state index contributed by atoms with van der Waals surface area (Å²) in [6, 6.07) is 0. The maximum Gasteiger partial charge on any atom is 0.318 e. The first-order valence-corrected chi connectivity index (χ1v) is 11.2. The minimum Gasteiger partial charge on any atom is -0.371 e. The zero-order chi connectivity index (χ0) is 20.1. The van der Waals surface area contributed by atoms with Crippen molar-refractivity contribution in [2.24, 2.45) is 5.41 Å². The molecular weight excluding hydrogens is 369 g/mol. The molecule has 0 aliphatic rings. The van der Waals surface area contributed by atoms with Gasteiger partial charge in [-0.1, -0.05) is 20.8 Å². The molecule has 0 rings (SSSR count). The van der Waals surface area contributed by atoms with Crippen molar-refractivity contribution in [2.45, 2.75) is 66.2 Å². The minimum atomic E-state index is -3.45. The Hall–Kier alpha value is -0.0200. The summed E-state index contributed by atoms with van der Waals surface area (Å²) in [6.07, 6.45) is 0.456. The molecule has 1 unspecified atom stereocenters. The van der Waals surface area contributed by atoms with Gasteiger partial charge in [-0.05, 0) is 33.1 Å². The minimum absolute atomic E-state index is 0.0394. The van der Waals surface area contributed by atoms with Gasteiger partial charge in [-0.3, -0.25) is 9.09 Å². The Morgan fingerprint density at radius 1 is 1.16 bits per heavy atom. The van der Waals surface area contributed by atoms with E-state index in [-0.39, 0.29) is 31.5 Å². The first-order chi connectivity index (χ1) is 11.0. The molecule has 1 N–H and O–H groups in total. The molecule has 0 aromatic carbocycles. The maximum atomic E-state index is 12.2. The van der Waals surface area contributed by atoms with E-state index in [0.29, 0.717) is 0 Å². The predicted molar refractivity (Wildman–Crippen MR) is 98.2 cm³/mol. The molecule has 0 amide bonds. The van der Waals surface area contributed by atoms with E-state index in [1.165, 1.54) is 4.31 Å². The Morgan fingerprint density at radius 3 is 2.04 bits per heavy atom. The van der Waals surface area contributed by atoms with Crippen LogP contribution in [0.5, 0.6) is 0 Å². The second-order valence-electron chi connectivity index (χ2n) is 8.13. The second kappa shape index (κ2) is 9.78. The van der Waals surface area contributed by atoms with Crippen LogP contribution >= 0.6 is 8.25 Å². The highest BCUT2D eigenvalue weighted by molar-refractivity contribution is 7.88. The van der Waals surface area contributed by atoms with Gasteiger partial charge in [-0.25, -0.2) is 8.42 Å². The Bertz CT molecular complexity index is 525. The lowest BCUT2D eigenvalue weighted by Gasteiger charge is -2.38. The number of sulfonamides is 1. The van der Waals surface area contributed by atoms with Gasteiger partial charge in [0.25, 0.3) is 0 Å². The quantitative estimate of drug-likeness (QED) is 0.339. The molecule has 152 valence electrons. The van der Waals surface area contributed by atoms with Crippen molar-refractivity contribution in [1.82, 2.24) is 4.31 Å². The lowest BCUT2D eigenvalue weighted by Crippen LogP contribution is -2.51. The maximum absolute atomic E-state index is 12.2. The van der Waals surface area contributed by atoms with Crippen LogP contribution in [-0.2, 0) is 28.6 Å². The molecule has 0 radical (unpaired) electrons. The Morgan fingerprint density at radius 2 is 1.68 bits per heavy atom. The van der Waals surface area contributed by atoms with Crippen molar-refractivity contribution in [3.8, 4) is 0 Å². The third-order valence-corrected chi connectivity index (χ3v) is 5.57. The van der Waals surface area contributed by atoms with Crippen molar-refractivity contribution >= 4 is 18.3 Å². The van der Waals surface area contributed by atoms with Gasteiger partial charge in [-0.2, -0.15) is 4.31 Å². The summed E-state index contributed by atoms with van der Waals surface area (Å²) in [5.41, 5.74) is -0.754. The summed E-state index contributed by atoms with van der Waals surface area (Å²) in [7, 11) is -6.52. The molecule has 0 aliphatic heterocycles. The van der Waals surface area contributed by atoms with Gasteiger partial charge in [0, 0.05) is 12.1 Å². The highest BCUT2D eigenvalue weighted by atomic mass is 32.2. The lowest BCUT2D eigenvalue weighted by atomic mass is 9.90. The van der Waals surface area contributed by atoms with Crippen LogP contribution in [-0.4, -0.2) is 61.6 Å². The van der Waals surface area contributed by atoms with E-state index >= 15 is 0 Å². The van der Waals surface area contributed by atoms with E-state index in [0.717, 1.165) is 6.26 Å². The number of hydrogen-bond donors (Lipinski definition) is 1. The monoisotopic (exact) mass is 403 g/mol. The molecule has 0 bridgehead atoms. The zero-order valence-corrected chi connectivity index (χ0v) is 18.3. The summed E-state index contributed by atoms with van der Waals surface area (Å²) < 4.78 is 52.0. The molecule has 0 aliphatic carbocycles. The van der Waals surface area contributed by atoms with E-state index < -0.39 is 29.9 Å². The van der Waals surface area contributed by atoms with E-state index in [1.54, 1.807) is 20.8 Å². The predicted octanol–water partition coefficient (Wildman–Crippen LogP) is 2.24. The highest BCUT2D eigenvalue weighted by Crippen LogP contribution is 2.25. The smallest absolute Gasteiger partial charge is 0.318 e. The van der Waals surface area contributed by atoms with Crippen LogP contribution in [0.25, 0.3) is 0 Å². The molecular formula is C15H34NO7PS. The fraction of sp³-hybridized carbons (Fsp3) is 1.00. The van der Waals surface area contributed by atoms with Gasteiger partial charge in [0.15, 0.2) is 6.79 Å². The average Bonchev–Trinajstić information content (AvgIpc) is 2.35. The molecule has 3 atom stereocenters. The number of ether oxygens (including phenoxy) is 2. The average molecular weight is 403 g/mol.